The van der Waals surface area contributed by atoms with E-state index in [1.165, 1.54) is 65.6 Å². The standard InChI is InChI=1S/C29H21N/c1-2-30-26-14-13-19-8-4-6-10-23(19)29(26)25-17-24-21(16-27(25)30)15-20-12-11-18-7-3-5-9-22(18)28(20)24/h3-14,16-17H,2,15H2,1H3. The first-order chi connectivity index (χ1) is 14.8. The molecule has 5 aromatic carbocycles. The Kier molecular flexibility index (Phi) is 3.10. The van der Waals surface area contributed by atoms with Crippen molar-refractivity contribution in [1.82, 2.24) is 4.57 Å². The molecule has 0 atom stereocenters. The summed E-state index contributed by atoms with van der Waals surface area (Å²) < 4.78 is 2.48. The molecule has 1 heteroatoms. The van der Waals surface area contributed by atoms with E-state index in [-0.39, 0.29) is 0 Å². The van der Waals surface area contributed by atoms with E-state index < -0.39 is 0 Å². The van der Waals surface area contributed by atoms with Gasteiger partial charge in [-0.1, -0.05) is 66.7 Å². The van der Waals surface area contributed by atoms with Crippen molar-refractivity contribution < 1.29 is 0 Å². The fraction of sp³-hybridized carbons (Fsp3) is 0.103. The molecule has 0 amide bonds. The maximum Gasteiger partial charge on any atom is 0.0497 e. The fourth-order valence-corrected chi connectivity index (χ4v) is 5.66. The summed E-state index contributed by atoms with van der Waals surface area (Å²) >= 11 is 0. The van der Waals surface area contributed by atoms with Crippen LogP contribution in [0.3, 0.4) is 0 Å². The minimum absolute atomic E-state index is 0.979. The van der Waals surface area contributed by atoms with Crippen molar-refractivity contribution in [2.24, 2.45) is 0 Å². The largest absolute Gasteiger partial charge is 0.341 e. The van der Waals surface area contributed by atoms with Gasteiger partial charge >= 0.3 is 0 Å². The number of rotatable bonds is 1. The molecule has 0 radical (unpaired) electrons. The molecule has 0 bridgehead atoms. The fourth-order valence-electron chi connectivity index (χ4n) is 5.66. The zero-order chi connectivity index (χ0) is 19.8. The van der Waals surface area contributed by atoms with Crippen molar-refractivity contribution in [3.63, 3.8) is 0 Å². The Balaban J connectivity index is 1.67. The summed E-state index contributed by atoms with van der Waals surface area (Å²) in [6.45, 7) is 3.23. The lowest BCUT2D eigenvalue weighted by atomic mass is 9.96. The lowest BCUT2D eigenvalue weighted by molar-refractivity contribution is 0.827. The predicted octanol–water partition coefficient (Wildman–Crippen LogP) is 7.69. The van der Waals surface area contributed by atoms with E-state index in [0.29, 0.717) is 0 Å². The summed E-state index contributed by atoms with van der Waals surface area (Å²) in [5.41, 5.74) is 8.46. The van der Waals surface area contributed by atoms with Crippen molar-refractivity contribution >= 4 is 43.4 Å². The van der Waals surface area contributed by atoms with Crippen LogP contribution in [0.1, 0.15) is 18.1 Å². The highest BCUT2D eigenvalue weighted by atomic mass is 15.0. The van der Waals surface area contributed by atoms with E-state index in [1.54, 1.807) is 0 Å². The van der Waals surface area contributed by atoms with Gasteiger partial charge in [-0.15, -0.1) is 0 Å². The van der Waals surface area contributed by atoms with Gasteiger partial charge in [0.2, 0.25) is 0 Å². The molecule has 30 heavy (non-hydrogen) atoms. The van der Waals surface area contributed by atoms with Crippen molar-refractivity contribution in [1.29, 1.82) is 0 Å². The Morgan fingerprint density at radius 3 is 2.23 bits per heavy atom. The Morgan fingerprint density at radius 2 is 1.40 bits per heavy atom. The Bertz CT molecular complexity index is 1650. The molecule has 7 rings (SSSR count). The molecule has 0 saturated heterocycles. The third kappa shape index (κ3) is 1.97. The average Bonchev–Trinajstić information content (AvgIpc) is 3.32. The molecule has 0 saturated carbocycles. The molecule has 1 nitrogen and oxygen atoms in total. The van der Waals surface area contributed by atoms with E-state index in [4.69, 9.17) is 0 Å². The minimum atomic E-state index is 0.979. The summed E-state index contributed by atoms with van der Waals surface area (Å²) in [6.07, 6.45) is 1.03. The lowest BCUT2D eigenvalue weighted by Crippen LogP contribution is -1.93. The van der Waals surface area contributed by atoms with Crippen molar-refractivity contribution in [3.05, 3.63) is 96.1 Å². The summed E-state index contributed by atoms with van der Waals surface area (Å²) in [5, 5.41) is 8.13. The van der Waals surface area contributed by atoms with Gasteiger partial charge in [0.25, 0.3) is 0 Å². The molecule has 6 aromatic rings. The number of hydrogen-bond donors (Lipinski definition) is 0. The van der Waals surface area contributed by atoms with Crippen molar-refractivity contribution in [2.45, 2.75) is 19.9 Å². The Morgan fingerprint density at radius 1 is 0.667 bits per heavy atom. The molecule has 142 valence electrons. The Labute approximate surface area is 175 Å². The smallest absolute Gasteiger partial charge is 0.0497 e. The molecule has 1 aliphatic carbocycles. The van der Waals surface area contributed by atoms with Crippen LogP contribution < -0.4 is 0 Å². The van der Waals surface area contributed by atoms with E-state index in [9.17, 15) is 0 Å². The second-order valence-corrected chi connectivity index (χ2v) is 8.45. The summed E-state index contributed by atoms with van der Waals surface area (Å²) in [7, 11) is 0. The molecule has 1 aliphatic rings. The molecule has 0 N–H and O–H groups in total. The van der Waals surface area contributed by atoms with Crippen LogP contribution in [0.2, 0.25) is 0 Å². The molecule has 0 unspecified atom stereocenters. The first-order valence-electron chi connectivity index (χ1n) is 10.8. The van der Waals surface area contributed by atoms with Gasteiger partial charge in [0.15, 0.2) is 0 Å². The van der Waals surface area contributed by atoms with E-state index in [0.717, 1.165) is 13.0 Å². The zero-order valence-corrected chi connectivity index (χ0v) is 16.9. The first-order valence-corrected chi connectivity index (χ1v) is 10.8. The van der Waals surface area contributed by atoms with Crippen LogP contribution in [0.4, 0.5) is 0 Å². The van der Waals surface area contributed by atoms with Gasteiger partial charge in [-0.25, -0.2) is 0 Å². The van der Waals surface area contributed by atoms with Crippen LogP contribution in [0.25, 0.3) is 54.5 Å². The molecular weight excluding hydrogens is 362 g/mol. The molecule has 0 aliphatic heterocycles. The van der Waals surface area contributed by atoms with Gasteiger partial charge in [-0.3, -0.25) is 0 Å². The highest BCUT2D eigenvalue weighted by molar-refractivity contribution is 6.22. The zero-order valence-electron chi connectivity index (χ0n) is 16.9. The third-order valence-electron chi connectivity index (χ3n) is 6.96. The second kappa shape index (κ2) is 5.73. The van der Waals surface area contributed by atoms with Gasteiger partial charge in [0.05, 0.1) is 0 Å². The average molecular weight is 383 g/mol. The molecular formula is C29H21N. The van der Waals surface area contributed by atoms with Gasteiger partial charge < -0.3 is 4.57 Å². The number of aryl methyl sites for hydroxylation is 1. The van der Waals surface area contributed by atoms with Gasteiger partial charge in [0.1, 0.15) is 0 Å². The van der Waals surface area contributed by atoms with Gasteiger partial charge in [0, 0.05) is 28.4 Å². The number of benzene rings is 5. The van der Waals surface area contributed by atoms with Gasteiger partial charge in [-0.05, 0) is 75.3 Å². The van der Waals surface area contributed by atoms with Crippen LogP contribution in [0, 0.1) is 0 Å². The van der Waals surface area contributed by atoms with E-state index >= 15 is 0 Å². The second-order valence-electron chi connectivity index (χ2n) is 8.45. The normalized spacial score (nSPS) is 12.8. The van der Waals surface area contributed by atoms with Crippen LogP contribution >= 0.6 is 0 Å². The summed E-state index contributed by atoms with van der Waals surface area (Å²) in [6, 6.07) is 31.7. The summed E-state index contributed by atoms with van der Waals surface area (Å²) in [5.74, 6) is 0. The molecule has 1 heterocycles. The number of hydrogen-bond acceptors (Lipinski definition) is 0. The maximum absolute atomic E-state index is 2.48. The van der Waals surface area contributed by atoms with Crippen LogP contribution in [-0.2, 0) is 13.0 Å². The lowest BCUT2D eigenvalue weighted by Gasteiger charge is -2.08. The molecule has 1 aromatic heterocycles. The van der Waals surface area contributed by atoms with Gasteiger partial charge in [-0.2, -0.15) is 0 Å². The highest BCUT2D eigenvalue weighted by Gasteiger charge is 2.23. The SMILES string of the molecule is CCn1c2cc3c(cc2c2c4ccccc4ccc21)-c1c(ccc2ccccc12)C3. The van der Waals surface area contributed by atoms with Crippen LogP contribution in [0.15, 0.2) is 84.9 Å². The topological polar surface area (TPSA) is 4.93 Å². The number of aromatic nitrogens is 1. The highest BCUT2D eigenvalue weighted by Crippen LogP contribution is 2.45. The number of nitrogens with zero attached hydrogens (tertiary/aromatic N) is 1. The maximum atomic E-state index is 2.48. The molecule has 0 fully saturated rings. The minimum Gasteiger partial charge on any atom is -0.341 e. The van der Waals surface area contributed by atoms with E-state index in [1.807, 2.05) is 0 Å². The number of fused-ring (bicyclic) bond motifs is 10. The van der Waals surface area contributed by atoms with Crippen molar-refractivity contribution in [3.8, 4) is 11.1 Å². The first kappa shape index (κ1) is 16.2. The Hall–Kier alpha value is -3.58. The summed E-state index contributed by atoms with van der Waals surface area (Å²) in [4.78, 5) is 0. The van der Waals surface area contributed by atoms with E-state index in [2.05, 4.69) is 96.4 Å². The van der Waals surface area contributed by atoms with Crippen LogP contribution in [0.5, 0.6) is 0 Å². The van der Waals surface area contributed by atoms with Crippen molar-refractivity contribution in [2.75, 3.05) is 0 Å². The predicted molar refractivity (Wildman–Crippen MR) is 128 cm³/mol. The quantitative estimate of drug-likeness (QED) is 0.274. The third-order valence-corrected chi connectivity index (χ3v) is 6.96. The monoisotopic (exact) mass is 383 g/mol. The van der Waals surface area contributed by atoms with Crippen LogP contribution in [-0.4, -0.2) is 4.57 Å². The molecule has 0 spiro atoms.